The van der Waals surface area contributed by atoms with Gasteiger partial charge in [-0.1, -0.05) is 0 Å². The maximum atomic E-state index is 10.9. The topological polar surface area (TPSA) is 49.3 Å². The fraction of sp³-hybridized carbons (Fsp3) is 0.625. The molecule has 1 heterocycles. The summed E-state index contributed by atoms with van der Waals surface area (Å²) >= 11 is 0. The Morgan fingerprint density at radius 2 is 2.18 bits per heavy atom. The van der Waals surface area contributed by atoms with E-state index in [0.29, 0.717) is 12.8 Å². The van der Waals surface area contributed by atoms with Crippen LogP contribution in [0.2, 0.25) is 0 Å². The van der Waals surface area contributed by atoms with Gasteiger partial charge < -0.3 is 10.4 Å². The first-order valence-electron chi connectivity index (χ1n) is 3.76. The van der Waals surface area contributed by atoms with Crippen LogP contribution in [0.15, 0.2) is 11.3 Å². The van der Waals surface area contributed by atoms with Crippen LogP contribution in [0, 0.1) is 0 Å². The zero-order chi connectivity index (χ0) is 8.43. The van der Waals surface area contributed by atoms with Crippen molar-refractivity contribution in [2.45, 2.75) is 32.8 Å². The summed E-state index contributed by atoms with van der Waals surface area (Å²) in [4.78, 5) is 10.9. The van der Waals surface area contributed by atoms with Gasteiger partial charge in [0.1, 0.15) is 0 Å². The number of aliphatic hydroxyl groups is 1. The number of carbonyl (C=O) groups excluding carboxylic acids is 1. The molecule has 0 aliphatic carbocycles. The molecule has 0 radical (unpaired) electrons. The molecule has 11 heavy (non-hydrogen) atoms. The van der Waals surface area contributed by atoms with E-state index in [1.54, 1.807) is 0 Å². The van der Waals surface area contributed by atoms with E-state index in [2.05, 4.69) is 5.32 Å². The highest BCUT2D eigenvalue weighted by Crippen LogP contribution is 2.14. The Labute approximate surface area is 66.1 Å². The van der Waals surface area contributed by atoms with Crippen molar-refractivity contribution in [2.75, 3.05) is 0 Å². The molecule has 1 atom stereocenters. The second-order valence-corrected chi connectivity index (χ2v) is 2.91. The van der Waals surface area contributed by atoms with Gasteiger partial charge in [-0.15, -0.1) is 0 Å². The Bertz CT molecular complexity index is 208. The lowest BCUT2D eigenvalue weighted by Crippen LogP contribution is -2.19. The number of hydrogen-bond acceptors (Lipinski definition) is 2. The lowest BCUT2D eigenvalue weighted by molar-refractivity contribution is -0.120. The standard InChI is InChI=1S/C8H13NO2/c1-5-6(2)9-8(11)4-3-7(5)10/h7,10H,3-4H2,1-2H3,(H,9,11)/t7-/m0/s1. The van der Waals surface area contributed by atoms with E-state index < -0.39 is 6.10 Å². The van der Waals surface area contributed by atoms with Gasteiger partial charge in [0, 0.05) is 12.1 Å². The van der Waals surface area contributed by atoms with E-state index in [1.165, 1.54) is 0 Å². The Balaban J connectivity index is 2.82. The predicted octanol–water partition coefficient (Wildman–Crippen LogP) is 0.551. The summed E-state index contributed by atoms with van der Waals surface area (Å²) in [6.45, 7) is 3.65. The molecule has 1 amide bonds. The van der Waals surface area contributed by atoms with Gasteiger partial charge in [-0.2, -0.15) is 0 Å². The first kappa shape index (κ1) is 8.27. The van der Waals surface area contributed by atoms with E-state index in [4.69, 9.17) is 0 Å². The van der Waals surface area contributed by atoms with Crippen molar-refractivity contribution in [1.29, 1.82) is 0 Å². The molecule has 0 spiro atoms. The molecule has 1 rings (SSSR count). The molecule has 1 aliphatic rings. The highest BCUT2D eigenvalue weighted by molar-refractivity contribution is 5.78. The van der Waals surface area contributed by atoms with Crippen molar-refractivity contribution in [2.24, 2.45) is 0 Å². The van der Waals surface area contributed by atoms with Crippen molar-refractivity contribution in [3.8, 4) is 0 Å². The average molecular weight is 155 g/mol. The molecule has 3 heteroatoms. The van der Waals surface area contributed by atoms with Crippen LogP contribution in [0.25, 0.3) is 0 Å². The smallest absolute Gasteiger partial charge is 0.224 e. The highest BCUT2D eigenvalue weighted by Gasteiger charge is 2.16. The third-order valence-corrected chi connectivity index (χ3v) is 2.06. The number of carbonyl (C=O) groups is 1. The maximum absolute atomic E-state index is 10.9. The summed E-state index contributed by atoms with van der Waals surface area (Å²) < 4.78 is 0. The summed E-state index contributed by atoms with van der Waals surface area (Å²) in [7, 11) is 0. The van der Waals surface area contributed by atoms with Gasteiger partial charge in [-0.05, 0) is 25.8 Å². The van der Waals surface area contributed by atoms with Crippen LogP contribution in [-0.2, 0) is 4.79 Å². The predicted molar refractivity (Wildman–Crippen MR) is 41.8 cm³/mol. The molecule has 0 fully saturated rings. The van der Waals surface area contributed by atoms with Crippen molar-refractivity contribution >= 4 is 5.91 Å². The first-order chi connectivity index (χ1) is 5.11. The summed E-state index contributed by atoms with van der Waals surface area (Å²) in [5.74, 6) is -0.00148. The maximum Gasteiger partial charge on any atom is 0.224 e. The van der Waals surface area contributed by atoms with Gasteiger partial charge in [0.05, 0.1) is 6.10 Å². The monoisotopic (exact) mass is 155 g/mol. The second kappa shape index (κ2) is 3.05. The number of allylic oxidation sites excluding steroid dienone is 1. The highest BCUT2D eigenvalue weighted by atomic mass is 16.3. The van der Waals surface area contributed by atoms with E-state index in [0.717, 1.165) is 11.3 Å². The largest absolute Gasteiger partial charge is 0.389 e. The Morgan fingerprint density at radius 3 is 2.82 bits per heavy atom. The van der Waals surface area contributed by atoms with Gasteiger partial charge in [0.2, 0.25) is 5.91 Å². The Morgan fingerprint density at radius 1 is 1.55 bits per heavy atom. The van der Waals surface area contributed by atoms with Gasteiger partial charge in [0.25, 0.3) is 0 Å². The summed E-state index contributed by atoms with van der Waals surface area (Å²) in [6.07, 6.45) is 0.499. The zero-order valence-corrected chi connectivity index (χ0v) is 6.85. The summed E-state index contributed by atoms with van der Waals surface area (Å²) in [6, 6.07) is 0. The van der Waals surface area contributed by atoms with Crippen LogP contribution in [0.4, 0.5) is 0 Å². The fourth-order valence-electron chi connectivity index (χ4n) is 1.10. The van der Waals surface area contributed by atoms with E-state index in [-0.39, 0.29) is 5.91 Å². The van der Waals surface area contributed by atoms with E-state index in [1.807, 2.05) is 13.8 Å². The fourth-order valence-corrected chi connectivity index (χ4v) is 1.10. The van der Waals surface area contributed by atoms with Crippen LogP contribution in [0.3, 0.4) is 0 Å². The Kier molecular flexibility index (Phi) is 2.29. The molecule has 0 aromatic heterocycles. The van der Waals surface area contributed by atoms with Crippen molar-refractivity contribution < 1.29 is 9.90 Å². The molecule has 0 saturated carbocycles. The lowest BCUT2D eigenvalue weighted by Gasteiger charge is -2.08. The number of hydrogen-bond donors (Lipinski definition) is 2. The van der Waals surface area contributed by atoms with Crippen LogP contribution >= 0.6 is 0 Å². The Hall–Kier alpha value is -0.830. The molecule has 0 unspecified atom stereocenters. The third kappa shape index (κ3) is 1.80. The van der Waals surface area contributed by atoms with Gasteiger partial charge in [-0.3, -0.25) is 4.79 Å². The van der Waals surface area contributed by atoms with Crippen molar-refractivity contribution in [3.63, 3.8) is 0 Å². The van der Waals surface area contributed by atoms with Gasteiger partial charge >= 0.3 is 0 Å². The number of aliphatic hydroxyl groups excluding tert-OH is 1. The zero-order valence-electron chi connectivity index (χ0n) is 6.85. The van der Waals surface area contributed by atoms with Gasteiger partial charge in [-0.25, -0.2) is 0 Å². The van der Waals surface area contributed by atoms with Crippen LogP contribution < -0.4 is 5.32 Å². The molecule has 3 nitrogen and oxygen atoms in total. The molecule has 0 bridgehead atoms. The molecule has 1 aliphatic heterocycles. The minimum atomic E-state index is -0.450. The SMILES string of the molecule is CC1=C(C)[C@@H](O)CCC(=O)N1. The molecule has 0 aromatic carbocycles. The summed E-state index contributed by atoms with van der Waals surface area (Å²) in [5.41, 5.74) is 1.66. The molecular formula is C8H13NO2. The molecular weight excluding hydrogens is 142 g/mol. The normalized spacial score (nSPS) is 26.5. The molecule has 0 aromatic rings. The van der Waals surface area contributed by atoms with Crippen LogP contribution in [0.1, 0.15) is 26.7 Å². The van der Waals surface area contributed by atoms with Crippen LogP contribution in [-0.4, -0.2) is 17.1 Å². The van der Waals surface area contributed by atoms with Crippen molar-refractivity contribution in [1.82, 2.24) is 5.32 Å². The van der Waals surface area contributed by atoms with Gasteiger partial charge in [0.15, 0.2) is 0 Å². The first-order valence-corrected chi connectivity index (χ1v) is 3.76. The number of rotatable bonds is 0. The minimum absolute atomic E-state index is 0.00148. The lowest BCUT2D eigenvalue weighted by atomic mass is 10.1. The van der Waals surface area contributed by atoms with E-state index in [9.17, 15) is 9.90 Å². The minimum Gasteiger partial charge on any atom is -0.389 e. The van der Waals surface area contributed by atoms with Crippen molar-refractivity contribution in [3.05, 3.63) is 11.3 Å². The third-order valence-electron chi connectivity index (χ3n) is 2.06. The molecule has 62 valence electrons. The van der Waals surface area contributed by atoms with E-state index >= 15 is 0 Å². The average Bonchev–Trinajstić information content (AvgIpc) is 2.05. The quantitative estimate of drug-likeness (QED) is 0.536. The second-order valence-electron chi connectivity index (χ2n) is 2.91. The summed E-state index contributed by atoms with van der Waals surface area (Å²) in [5, 5.41) is 12.1. The molecule has 2 N–H and O–H groups in total. The molecule has 0 saturated heterocycles. The van der Waals surface area contributed by atoms with Crippen LogP contribution in [0.5, 0.6) is 0 Å². The number of nitrogens with one attached hydrogen (secondary N) is 1. The number of amides is 1.